The molecule has 0 aliphatic carbocycles. The van der Waals surface area contributed by atoms with Crippen LogP contribution in [0.5, 0.6) is 17.2 Å². The smallest absolute Gasteiger partial charge is 0.151 e. The van der Waals surface area contributed by atoms with Gasteiger partial charge in [0, 0.05) is 11.8 Å². The number of aldehydes is 1. The van der Waals surface area contributed by atoms with Crippen molar-refractivity contribution in [1.29, 1.82) is 0 Å². The van der Waals surface area contributed by atoms with Crippen LogP contribution in [0, 0.1) is 0 Å². The number of benzene rings is 1. The highest BCUT2D eigenvalue weighted by atomic mass is 16.5. The third-order valence-corrected chi connectivity index (χ3v) is 2.24. The maximum absolute atomic E-state index is 10.6. The molecule has 92 valence electrons. The van der Waals surface area contributed by atoms with Gasteiger partial charge in [-0.15, -0.1) is 0 Å². The Balaban J connectivity index is 2.10. The molecular formula is C14H13NO3. The first-order chi connectivity index (χ1) is 8.81. The average molecular weight is 243 g/mol. The van der Waals surface area contributed by atoms with Crippen molar-refractivity contribution in [3.05, 3.63) is 48.3 Å². The van der Waals surface area contributed by atoms with Gasteiger partial charge in [0.2, 0.25) is 0 Å². The third kappa shape index (κ3) is 3.07. The summed E-state index contributed by atoms with van der Waals surface area (Å²) in [5.41, 5.74) is 0.485. The van der Waals surface area contributed by atoms with E-state index in [9.17, 15) is 4.79 Å². The van der Waals surface area contributed by atoms with Crippen LogP contribution in [0.25, 0.3) is 0 Å². The van der Waals surface area contributed by atoms with Gasteiger partial charge in [0.1, 0.15) is 17.2 Å². The fourth-order valence-electron chi connectivity index (χ4n) is 1.46. The van der Waals surface area contributed by atoms with E-state index in [-0.39, 0.29) is 0 Å². The Morgan fingerprint density at radius 3 is 2.50 bits per heavy atom. The molecule has 0 unspecified atom stereocenters. The number of rotatable bonds is 5. The Kier molecular flexibility index (Phi) is 3.91. The summed E-state index contributed by atoms with van der Waals surface area (Å²) in [6.07, 6.45) is 3.78. The van der Waals surface area contributed by atoms with Gasteiger partial charge in [-0.05, 0) is 37.3 Å². The Bertz CT molecular complexity index is 523. The number of carbonyl (C=O) groups excluding carboxylic acids is 1. The fraction of sp³-hybridized carbons (Fsp3) is 0.143. The lowest BCUT2D eigenvalue weighted by Crippen LogP contribution is -1.91. The second-order valence-corrected chi connectivity index (χ2v) is 3.58. The van der Waals surface area contributed by atoms with Crippen LogP contribution in [0.15, 0.2) is 42.7 Å². The summed E-state index contributed by atoms with van der Waals surface area (Å²) in [6.45, 7) is 2.56. The molecule has 0 saturated carbocycles. The summed E-state index contributed by atoms with van der Waals surface area (Å²) in [4.78, 5) is 14.5. The zero-order valence-electron chi connectivity index (χ0n) is 10.00. The van der Waals surface area contributed by atoms with E-state index in [2.05, 4.69) is 4.98 Å². The molecule has 0 aliphatic rings. The lowest BCUT2D eigenvalue weighted by atomic mass is 10.3. The van der Waals surface area contributed by atoms with Gasteiger partial charge in [0.15, 0.2) is 6.29 Å². The van der Waals surface area contributed by atoms with Gasteiger partial charge in [-0.1, -0.05) is 0 Å². The molecule has 0 bridgehead atoms. The van der Waals surface area contributed by atoms with Crippen molar-refractivity contribution >= 4 is 6.29 Å². The van der Waals surface area contributed by atoms with E-state index in [1.54, 1.807) is 24.4 Å². The Labute approximate surface area is 105 Å². The van der Waals surface area contributed by atoms with Crippen molar-refractivity contribution in [3.8, 4) is 17.2 Å². The van der Waals surface area contributed by atoms with Crippen LogP contribution in [-0.2, 0) is 0 Å². The van der Waals surface area contributed by atoms with Crippen LogP contribution < -0.4 is 9.47 Å². The molecule has 4 heteroatoms. The molecule has 2 aromatic rings. The molecule has 4 nitrogen and oxygen atoms in total. The molecule has 0 aliphatic heterocycles. The fourth-order valence-corrected chi connectivity index (χ4v) is 1.46. The molecule has 2 rings (SSSR count). The van der Waals surface area contributed by atoms with Crippen LogP contribution >= 0.6 is 0 Å². The van der Waals surface area contributed by atoms with Crippen molar-refractivity contribution < 1.29 is 14.3 Å². The first kappa shape index (κ1) is 12.1. The second-order valence-electron chi connectivity index (χ2n) is 3.58. The summed E-state index contributed by atoms with van der Waals surface area (Å²) in [5.74, 6) is 2.00. The molecule has 0 N–H and O–H groups in total. The molecule has 0 spiro atoms. The van der Waals surface area contributed by atoms with E-state index in [0.717, 1.165) is 12.0 Å². The number of pyridine rings is 1. The maximum Gasteiger partial charge on any atom is 0.151 e. The van der Waals surface area contributed by atoms with E-state index in [0.29, 0.717) is 23.7 Å². The highest BCUT2D eigenvalue weighted by molar-refractivity contribution is 5.74. The third-order valence-electron chi connectivity index (χ3n) is 2.24. The monoisotopic (exact) mass is 243 g/mol. The van der Waals surface area contributed by atoms with Crippen molar-refractivity contribution in [1.82, 2.24) is 4.98 Å². The number of ether oxygens (including phenoxy) is 2. The standard InChI is InChI=1S/C14H13NO3/c1-2-17-12-3-5-13(6-4-12)18-14-7-11(10-16)8-15-9-14/h3-10H,2H2,1H3. The molecule has 0 saturated heterocycles. The number of hydrogen-bond acceptors (Lipinski definition) is 4. The summed E-state index contributed by atoms with van der Waals surface area (Å²) in [6, 6.07) is 8.90. The molecule has 0 radical (unpaired) electrons. The first-order valence-electron chi connectivity index (χ1n) is 5.62. The molecular weight excluding hydrogens is 230 g/mol. The van der Waals surface area contributed by atoms with Gasteiger partial charge in [0.05, 0.1) is 12.8 Å². The minimum Gasteiger partial charge on any atom is -0.494 e. The number of aromatic nitrogens is 1. The Morgan fingerprint density at radius 1 is 1.11 bits per heavy atom. The van der Waals surface area contributed by atoms with E-state index < -0.39 is 0 Å². The van der Waals surface area contributed by atoms with Gasteiger partial charge < -0.3 is 9.47 Å². The first-order valence-corrected chi connectivity index (χ1v) is 5.62. The molecule has 1 aromatic carbocycles. The number of nitrogens with zero attached hydrogens (tertiary/aromatic N) is 1. The summed E-state index contributed by atoms with van der Waals surface area (Å²) >= 11 is 0. The maximum atomic E-state index is 10.6. The van der Waals surface area contributed by atoms with Crippen LogP contribution in [0.2, 0.25) is 0 Å². The predicted molar refractivity (Wildman–Crippen MR) is 67.3 cm³/mol. The van der Waals surface area contributed by atoms with E-state index in [1.165, 1.54) is 6.20 Å². The van der Waals surface area contributed by atoms with Crippen molar-refractivity contribution in [2.24, 2.45) is 0 Å². The Morgan fingerprint density at radius 2 is 1.83 bits per heavy atom. The molecule has 0 amide bonds. The Hall–Kier alpha value is -2.36. The van der Waals surface area contributed by atoms with Crippen molar-refractivity contribution in [2.75, 3.05) is 6.61 Å². The predicted octanol–water partition coefficient (Wildman–Crippen LogP) is 3.09. The minimum atomic E-state index is 0.485. The van der Waals surface area contributed by atoms with E-state index in [4.69, 9.17) is 9.47 Å². The van der Waals surface area contributed by atoms with Gasteiger partial charge in [-0.3, -0.25) is 9.78 Å². The van der Waals surface area contributed by atoms with Gasteiger partial charge in [-0.2, -0.15) is 0 Å². The molecule has 1 heterocycles. The van der Waals surface area contributed by atoms with Gasteiger partial charge >= 0.3 is 0 Å². The van der Waals surface area contributed by atoms with Crippen LogP contribution in [0.1, 0.15) is 17.3 Å². The normalized spacial score (nSPS) is 9.83. The lowest BCUT2D eigenvalue weighted by Gasteiger charge is -2.07. The van der Waals surface area contributed by atoms with Crippen molar-refractivity contribution in [3.63, 3.8) is 0 Å². The molecule has 0 atom stereocenters. The zero-order valence-corrected chi connectivity index (χ0v) is 10.00. The average Bonchev–Trinajstić information content (AvgIpc) is 2.42. The largest absolute Gasteiger partial charge is 0.494 e. The lowest BCUT2D eigenvalue weighted by molar-refractivity contribution is 0.112. The SMILES string of the molecule is CCOc1ccc(Oc2cncc(C=O)c2)cc1. The topological polar surface area (TPSA) is 48.4 Å². The van der Waals surface area contributed by atoms with Gasteiger partial charge in [-0.25, -0.2) is 0 Å². The van der Waals surface area contributed by atoms with E-state index >= 15 is 0 Å². The highest BCUT2D eigenvalue weighted by Crippen LogP contribution is 2.23. The van der Waals surface area contributed by atoms with Crippen molar-refractivity contribution in [2.45, 2.75) is 6.92 Å². The molecule has 1 aromatic heterocycles. The van der Waals surface area contributed by atoms with Crippen LogP contribution in [0.4, 0.5) is 0 Å². The minimum absolute atomic E-state index is 0.485. The quantitative estimate of drug-likeness (QED) is 0.757. The summed E-state index contributed by atoms with van der Waals surface area (Å²) in [7, 11) is 0. The van der Waals surface area contributed by atoms with Crippen LogP contribution in [-0.4, -0.2) is 17.9 Å². The highest BCUT2D eigenvalue weighted by Gasteiger charge is 2.00. The molecule has 0 fully saturated rings. The summed E-state index contributed by atoms with van der Waals surface area (Å²) in [5, 5.41) is 0. The van der Waals surface area contributed by atoms with E-state index in [1.807, 2.05) is 19.1 Å². The van der Waals surface area contributed by atoms with Crippen LogP contribution in [0.3, 0.4) is 0 Å². The van der Waals surface area contributed by atoms with Gasteiger partial charge in [0.25, 0.3) is 0 Å². The summed E-state index contributed by atoms with van der Waals surface area (Å²) < 4.78 is 10.9. The second kappa shape index (κ2) is 5.82. The number of carbonyl (C=O) groups is 1. The zero-order chi connectivity index (χ0) is 12.8. The number of hydrogen-bond donors (Lipinski definition) is 0. The molecule has 18 heavy (non-hydrogen) atoms.